The molecule has 0 radical (unpaired) electrons. The van der Waals surface area contributed by atoms with Gasteiger partial charge in [0.25, 0.3) is 5.56 Å². The van der Waals surface area contributed by atoms with E-state index < -0.39 is 0 Å². The van der Waals surface area contributed by atoms with Crippen LogP contribution in [-0.4, -0.2) is 22.0 Å². The van der Waals surface area contributed by atoms with Crippen molar-refractivity contribution in [2.75, 3.05) is 0 Å². The van der Waals surface area contributed by atoms with Gasteiger partial charge in [0.1, 0.15) is 11.3 Å². The van der Waals surface area contributed by atoms with Gasteiger partial charge in [0.15, 0.2) is 5.76 Å². The van der Waals surface area contributed by atoms with E-state index >= 15 is 0 Å². The molecule has 7 heteroatoms. The highest BCUT2D eigenvalue weighted by Crippen LogP contribution is 2.29. The molecular formula is C26H20BrN3O3. The minimum Gasteiger partial charge on any atom is -0.491 e. The first-order valence-electron chi connectivity index (χ1n) is 10.5. The molecule has 0 unspecified atom stereocenters. The van der Waals surface area contributed by atoms with Crippen molar-refractivity contribution in [2.45, 2.75) is 20.0 Å². The zero-order valence-corrected chi connectivity index (χ0v) is 19.6. The summed E-state index contributed by atoms with van der Waals surface area (Å²) in [4.78, 5) is 18.0. The number of ether oxygens (including phenoxy) is 1. The normalized spacial score (nSPS) is 11.8. The Labute approximate surface area is 198 Å². The first kappa shape index (κ1) is 21.2. The van der Waals surface area contributed by atoms with E-state index in [0.29, 0.717) is 28.1 Å². The van der Waals surface area contributed by atoms with Crippen molar-refractivity contribution in [1.82, 2.24) is 9.66 Å². The summed E-state index contributed by atoms with van der Waals surface area (Å²) < 4.78 is 13.9. The second-order valence-corrected chi connectivity index (χ2v) is 8.76. The Bertz CT molecular complexity index is 1550. The molecule has 0 atom stereocenters. The van der Waals surface area contributed by atoms with E-state index in [-0.39, 0.29) is 11.7 Å². The zero-order chi connectivity index (χ0) is 22.9. The average Bonchev–Trinajstić information content (AvgIpc) is 3.22. The fraction of sp³-hybridized carbons (Fsp3) is 0.115. The van der Waals surface area contributed by atoms with Crippen molar-refractivity contribution >= 4 is 44.0 Å². The van der Waals surface area contributed by atoms with Crippen LogP contribution in [0.5, 0.6) is 5.75 Å². The summed E-state index contributed by atoms with van der Waals surface area (Å²) in [6.07, 6.45) is 1.72. The van der Waals surface area contributed by atoms with E-state index in [1.54, 1.807) is 18.3 Å². The molecule has 0 spiro atoms. The number of nitrogens with zero attached hydrogens (tertiary/aromatic N) is 3. The molecule has 5 aromatic rings. The molecule has 0 N–H and O–H groups in total. The molecule has 6 nitrogen and oxygen atoms in total. The quantitative estimate of drug-likeness (QED) is 0.267. The van der Waals surface area contributed by atoms with Crippen molar-refractivity contribution in [3.63, 3.8) is 0 Å². The lowest BCUT2D eigenvalue weighted by atomic mass is 10.2. The first-order chi connectivity index (χ1) is 16.0. The number of fused-ring (bicyclic) bond motifs is 2. The number of aromatic nitrogens is 2. The number of para-hydroxylation sites is 1. The zero-order valence-electron chi connectivity index (χ0n) is 18.0. The molecule has 0 aliphatic carbocycles. The summed E-state index contributed by atoms with van der Waals surface area (Å²) in [5, 5.41) is 5.87. The topological polar surface area (TPSA) is 69.6 Å². The molecule has 164 valence electrons. The Morgan fingerprint density at radius 2 is 1.85 bits per heavy atom. The molecule has 33 heavy (non-hydrogen) atoms. The van der Waals surface area contributed by atoms with Gasteiger partial charge < -0.3 is 9.15 Å². The summed E-state index contributed by atoms with van der Waals surface area (Å²) in [7, 11) is 0. The maximum absolute atomic E-state index is 13.3. The SMILES string of the molecule is CC(C)Oc1ccc(C=Nn2c(-c3cc4cc(Br)ccc4o3)nc3ccccc3c2=O)cc1. The van der Waals surface area contributed by atoms with Crippen LogP contribution >= 0.6 is 15.9 Å². The van der Waals surface area contributed by atoms with Crippen molar-refractivity contribution in [1.29, 1.82) is 0 Å². The monoisotopic (exact) mass is 501 g/mol. The number of hydrogen-bond acceptors (Lipinski definition) is 5. The number of halogens is 1. The van der Waals surface area contributed by atoms with Crippen LogP contribution in [0.15, 0.2) is 91.6 Å². The predicted molar refractivity (Wildman–Crippen MR) is 134 cm³/mol. The summed E-state index contributed by atoms with van der Waals surface area (Å²) in [6.45, 7) is 3.96. The largest absolute Gasteiger partial charge is 0.491 e. The standard InChI is InChI=1S/C26H20BrN3O3/c1-16(2)32-20-10-7-17(8-11-20)15-28-30-25(29-22-6-4-3-5-21(22)26(30)31)24-14-18-13-19(27)9-12-23(18)33-24/h3-16H,1-2H3. The lowest BCUT2D eigenvalue weighted by Crippen LogP contribution is -2.20. The number of hydrogen-bond donors (Lipinski definition) is 0. The number of rotatable bonds is 5. The van der Waals surface area contributed by atoms with Crippen molar-refractivity contribution in [3.8, 4) is 17.3 Å². The van der Waals surface area contributed by atoms with Gasteiger partial charge in [-0.25, -0.2) is 4.98 Å². The van der Waals surface area contributed by atoms with Crippen LogP contribution in [0.4, 0.5) is 0 Å². The average molecular weight is 502 g/mol. The minimum absolute atomic E-state index is 0.0961. The number of benzene rings is 3. The van der Waals surface area contributed by atoms with Crippen LogP contribution in [0.3, 0.4) is 0 Å². The minimum atomic E-state index is -0.270. The fourth-order valence-corrected chi connectivity index (χ4v) is 3.92. The third kappa shape index (κ3) is 4.32. The predicted octanol–water partition coefficient (Wildman–Crippen LogP) is 6.24. The highest BCUT2D eigenvalue weighted by Gasteiger charge is 2.16. The van der Waals surface area contributed by atoms with Gasteiger partial charge in [0, 0.05) is 9.86 Å². The fourth-order valence-electron chi connectivity index (χ4n) is 3.54. The van der Waals surface area contributed by atoms with Crippen LogP contribution in [0.2, 0.25) is 0 Å². The summed E-state index contributed by atoms with van der Waals surface area (Å²) in [5.74, 6) is 1.58. The summed E-state index contributed by atoms with van der Waals surface area (Å²) in [5.41, 5.74) is 1.84. The van der Waals surface area contributed by atoms with E-state index in [9.17, 15) is 4.79 Å². The van der Waals surface area contributed by atoms with Crippen molar-refractivity contribution in [3.05, 3.63) is 93.2 Å². The molecular weight excluding hydrogens is 482 g/mol. The highest BCUT2D eigenvalue weighted by molar-refractivity contribution is 9.10. The molecule has 0 bridgehead atoms. The molecule has 2 heterocycles. The Morgan fingerprint density at radius 3 is 2.64 bits per heavy atom. The van der Waals surface area contributed by atoms with Crippen molar-refractivity contribution < 1.29 is 9.15 Å². The van der Waals surface area contributed by atoms with Crippen LogP contribution in [-0.2, 0) is 0 Å². The van der Waals surface area contributed by atoms with E-state index in [0.717, 1.165) is 21.2 Å². The van der Waals surface area contributed by atoms with Gasteiger partial charge in [-0.2, -0.15) is 9.78 Å². The third-order valence-corrected chi connectivity index (χ3v) is 5.52. The molecule has 0 saturated heterocycles. The highest BCUT2D eigenvalue weighted by atomic mass is 79.9. The number of furan rings is 1. The molecule has 0 amide bonds. The molecule has 2 aromatic heterocycles. The van der Waals surface area contributed by atoms with Gasteiger partial charge in [-0.3, -0.25) is 4.79 Å². The van der Waals surface area contributed by atoms with Crippen LogP contribution in [0, 0.1) is 0 Å². The maximum atomic E-state index is 13.3. The van der Waals surface area contributed by atoms with E-state index in [1.165, 1.54) is 4.68 Å². The molecule has 5 rings (SSSR count). The lowest BCUT2D eigenvalue weighted by Gasteiger charge is -2.09. The smallest absolute Gasteiger partial charge is 0.282 e. The molecule has 0 aliphatic rings. The van der Waals surface area contributed by atoms with Crippen LogP contribution in [0.25, 0.3) is 33.5 Å². The van der Waals surface area contributed by atoms with Crippen LogP contribution < -0.4 is 10.3 Å². The first-order valence-corrected chi connectivity index (χ1v) is 11.3. The lowest BCUT2D eigenvalue weighted by molar-refractivity contribution is 0.242. The summed E-state index contributed by atoms with van der Waals surface area (Å²) in [6, 6.07) is 22.3. The molecule has 0 saturated carbocycles. The Balaban J connectivity index is 1.63. The van der Waals surface area contributed by atoms with Gasteiger partial charge in [0.2, 0.25) is 5.82 Å². The van der Waals surface area contributed by atoms with Gasteiger partial charge in [0.05, 0.1) is 23.2 Å². The van der Waals surface area contributed by atoms with Gasteiger partial charge in [-0.05, 0) is 80.1 Å². The van der Waals surface area contributed by atoms with E-state index in [1.807, 2.05) is 74.5 Å². The molecule has 0 fully saturated rings. The Kier molecular flexibility index (Phi) is 5.56. The summed E-state index contributed by atoms with van der Waals surface area (Å²) >= 11 is 3.48. The van der Waals surface area contributed by atoms with E-state index in [2.05, 4.69) is 21.0 Å². The molecule has 0 aliphatic heterocycles. The third-order valence-electron chi connectivity index (χ3n) is 5.03. The Morgan fingerprint density at radius 1 is 1.06 bits per heavy atom. The molecule has 3 aromatic carbocycles. The van der Waals surface area contributed by atoms with Crippen molar-refractivity contribution in [2.24, 2.45) is 5.10 Å². The Hall–Kier alpha value is -3.71. The van der Waals surface area contributed by atoms with Gasteiger partial charge in [-0.15, -0.1) is 0 Å². The van der Waals surface area contributed by atoms with Gasteiger partial charge >= 0.3 is 0 Å². The van der Waals surface area contributed by atoms with E-state index in [4.69, 9.17) is 14.1 Å². The second-order valence-electron chi connectivity index (χ2n) is 7.84. The second kappa shape index (κ2) is 8.67. The van der Waals surface area contributed by atoms with Gasteiger partial charge in [-0.1, -0.05) is 28.1 Å². The maximum Gasteiger partial charge on any atom is 0.282 e. The van der Waals surface area contributed by atoms with Crippen LogP contribution in [0.1, 0.15) is 19.4 Å².